The number of carbonyl (C=O) groups excluding carboxylic acids is 1. The van der Waals surface area contributed by atoms with Crippen LogP contribution in [0.4, 0.5) is 13.2 Å². The molecular weight excluding hydrogens is 571 g/mol. The van der Waals surface area contributed by atoms with Crippen LogP contribution >= 0.6 is 12.6 Å². The first kappa shape index (κ1) is 36.1. The predicted molar refractivity (Wildman–Crippen MR) is 164 cm³/mol. The number of thiol groups is 1. The number of amides is 1. The number of halogens is 3. The lowest BCUT2D eigenvalue weighted by molar-refractivity contribution is -0.142. The van der Waals surface area contributed by atoms with Crippen molar-refractivity contribution in [2.24, 2.45) is 11.8 Å². The molecule has 2 aliphatic rings. The van der Waals surface area contributed by atoms with Crippen molar-refractivity contribution in [2.45, 2.75) is 96.1 Å². The molecule has 1 aliphatic carbocycles. The molecule has 1 saturated heterocycles. The van der Waals surface area contributed by atoms with E-state index in [1.165, 1.54) is 12.5 Å². The van der Waals surface area contributed by atoms with Gasteiger partial charge in [-0.05, 0) is 81.2 Å². The van der Waals surface area contributed by atoms with Gasteiger partial charge in [-0.2, -0.15) is 12.6 Å². The summed E-state index contributed by atoms with van der Waals surface area (Å²) in [6.07, 6.45) is 5.29. The van der Waals surface area contributed by atoms with Crippen LogP contribution in [-0.4, -0.2) is 76.9 Å². The van der Waals surface area contributed by atoms with Crippen LogP contribution in [0.25, 0.3) is 0 Å². The van der Waals surface area contributed by atoms with Crippen molar-refractivity contribution in [2.75, 3.05) is 39.5 Å². The van der Waals surface area contributed by atoms with Crippen molar-refractivity contribution in [1.82, 2.24) is 13.9 Å². The van der Waals surface area contributed by atoms with E-state index in [0.29, 0.717) is 38.5 Å². The third-order valence-electron chi connectivity index (χ3n) is 7.84. The molecule has 11 heteroatoms. The standard InChI is InChI=1S/C27H42F3N3O3S.C3H8S/c1-5-19(16-27(2,29)30)26(34)33-14-13-25(31-37(35)32(3)4)22(17-33)18-36-24-11-9-20(10-12-24)21-7-6-8-23(28)15-21;1-2-3-4/h6-8,15,19-20,22,24-25,31H,5,9-14,16-18H2,1-4H3;4H,2-3H2,1H3. The number of piperidine rings is 1. The molecule has 0 radical (unpaired) electrons. The lowest BCUT2D eigenvalue weighted by atomic mass is 9.82. The second-order valence-electron chi connectivity index (χ2n) is 11.6. The van der Waals surface area contributed by atoms with E-state index in [9.17, 15) is 22.2 Å². The van der Waals surface area contributed by atoms with Gasteiger partial charge in [0.2, 0.25) is 11.8 Å². The minimum atomic E-state index is -2.90. The third-order valence-corrected chi connectivity index (χ3v) is 9.46. The molecule has 1 amide bonds. The van der Waals surface area contributed by atoms with Crippen molar-refractivity contribution in [1.29, 1.82) is 0 Å². The first-order chi connectivity index (χ1) is 19.4. The van der Waals surface area contributed by atoms with E-state index in [1.54, 1.807) is 42.4 Å². The van der Waals surface area contributed by atoms with Crippen molar-refractivity contribution in [3.8, 4) is 0 Å². The Balaban J connectivity index is 0.00000138. The van der Waals surface area contributed by atoms with Crippen LogP contribution in [0.15, 0.2) is 24.3 Å². The van der Waals surface area contributed by atoms with E-state index in [2.05, 4.69) is 24.3 Å². The molecule has 0 aromatic heterocycles. The molecule has 1 aromatic rings. The van der Waals surface area contributed by atoms with Gasteiger partial charge in [-0.25, -0.2) is 26.4 Å². The molecular formula is C30H50F3N3O3S2. The summed E-state index contributed by atoms with van der Waals surface area (Å²) in [6, 6.07) is 6.67. The van der Waals surface area contributed by atoms with Crippen LogP contribution in [0.2, 0.25) is 0 Å². The maximum atomic E-state index is 13.7. The number of likely N-dealkylation sites (tertiary alicyclic amines) is 1. The van der Waals surface area contributed by atoms with Gasteiger partial charge in [-0.15, -0.1) is 0 Å². The molecule has 3 rings (SSSR count). The van der Waals surface area contributed by atoms with Gasteiger partial charge < -0.3 is 9.64 Å². The average Bonchev–Trinajstić information content (AvgIpc) is 2.94. The summed E-state index contributed by atoms with van der Waals surface area (Å²) in [4.78, 5) is 14.8. The lowest BCUT2D eigenvalue weighted by Gasteiger charge is -2.41. The van der Waals surface area contributed by atoms with E-state index in [0.717, 1.165) is 43.9 Å². The number of rotatable bonds is 12. The summed E-state index contributed by atoms with van der Waals surface area (Å²) < 4.78 is 64.5. The molecule has 41 heavy (non-hydrogen) atoms. The SMILES string of the molecule is CCC(CC(C)(F)F)C(=O)N1CCC(NS(=O)N(C)C)C(COC2CCC(c3cccc(F)c3)CC2)C1.CCCS. The minimum absolute atomic E-state index is 0.0676. The molecule has 4 unspecified atom stereocenters. The molecule has 6 nitrogen and oxygen atoms in total. The monoisotopic (exact) mass is 621 g/mol. The van der Waals surface area contributed by atoms with Gasteiger partial charge in [0.25, 0.3) is 0 Å². The number of carbonyl (C=O) groups is 1. The Hall–Kier alpha value is -1.14. The number of nitrogens with one attached hydrogen (secondary N) is 1. The Bertz CT molecular complexity index is 941. The van der Waals surface area contributed by atoms with Crippen LogP contribution in [-0.2, 0) is 20.7 Å². The highest BCUT2D eigenvalue weighted by atomic mass is 32.2. The van der Waals surface area contributed by atoms with E-state index in [1.807, 2.05) is 6.07 Å². The Morgan fingerprint density at radius 1 is 1.22 bits per heavy atom. The summed E-state index contributed by atoms with van der Waals surface area (Å²) >= 11 is 2.54. The van der Waals surface area contributed by atoms with Crippen molar-refractivity contribution < 1.29 is 26.9 Å². The van der Waals surface area contributed by atoms with Gasteiger partial charge >= 0.3 is 0 Å². The summed E-state index contributed by atoms with van der Waals surface area (Å²) in [5.74, 6) is -2.85. The molecule has 1 aliphatic heterocycles. The number of hydrogen-bond donors (Lipinski definition) is 2. The normalized spacial score (nSPS) is 24.9. The van der Waals surface area contributed by atoms with Crippen LogP contribution in [0, 0.1) is 17.7 Å². The summed E-state index contributed by atoms with van der Waals surface area (Å²) in [5.41, 5.74) is 1.03. The topological polar surface area (TPSA) is 61.9 Å². The van der Waals surface area contributed by atoms with Crippen molar-refractivity contribution >= 4 is 29.7 Å². The molecule has 2 fully saturated rings. The molecule has 236 valence electrons. The Morgan fingerprint density at radius 3 is 2.41 bits per heavy atom. The van der Waals surface area contributed by atoms with Crippen LogP contribution in [0.3, 0.4) is 0 Å². The molecule has 0 spiro atoms. The fourth-order valence-corrected chi connectivity index (χ4v) is 6.25. The maximum Gasteiger partial charge on any atom is 0.246 e. The van der Waals surface area contributed by atoms with Crippen LogP contribution in [0.5, 0.6) is 0 Å². The highest BCUT2D eigenvalue weighted by Crippen LogP contribution is 2.35. The van der Waals surface area contributed by atoms with Gasteiger partial charge in [0, 0.05) is 51.5 Å². The van der Waals surface area contributed by atoms with Crippen molar-refractivity contribution in [3.63, 3.8) is 0 Å². The number of benzene rings is 1. The molecule has 4 atom stereocenters. The highest BCUT2D eigenvalue weighted by Gasteiger charge is 2.38. The Morgan fingerprint density at radius 2 is 1.88 bits per heavy atom. The fraction of sp³-hybridized carbons (Fsp3) is 0.767. The summed E-state index contributed by atoms with van der Waals surface area (Å²) in [5, 5.41) is 0. The van der Waals surface area contributed by atoms with Gasteiger partial charge in [0.15, 0.2) is 11.2 Å². The Labute approximate surface area is 253 Å². The first-order valence-corrected chi connectivity index (χ1v) is 16.6. The van der Waals surface area contributed by atoms with Crippen LogP contribution < -0.4 is 4.72 Å². The number of nitrogens with zero attached hydrogens (tertiary/aromatic N) is 2. The van der Waals surface area contributed by atoms with E-state index < -0.39 is 29.4 Å². The molecule has 0 bridgehead atoms. The highest BCUT2D eigenvalue weighted by molar-refractivity contribution is 7.80. The van der Waals surface area contributed by atoms with Gasteiger partial charge in [0.1, 0.15) is 5.82 Å². The molecule has 1 N–H and O–H groups in total. The van der Waals surface area contributed by atoms with Gasteiger partial charge in [-0.3, -0.25) is 4.79 Å². The second-order valence-corrected chi connectivity index (χ2v) is 13.5. The average molecular weight is 622 g/mol. The Kier molecular flexibility index (Phi) is 15.7. The van der Waals surface area contributed by atoms with E-state index in [4.69, 9.17) is 4.74 Å². The quantitative estimate of drug-likeness (QED) is 0.273. The largest absolute Gasteiger partial charge is 0.378 e. The molecule has 1 aromatic carbocycles. The maximum absolute atomic E-state index is 13.7. The molecule has 1 heterocycles. The lowest BCUT2D eigenvalue weighted by Crippen LogP contribution is -2.55. The van der Waals surface area contributed by atoms with Gasteiger partial charge in [-0.1, -0.05) is 26.0 Å². The zero-order valence-electron chi connectivity index (χ0n) is 25.3. The first-order valence-electron chi connectivity index (χ1n) is 14.9. The number of hydrogen-bond acceptors (Lipinski definition) is 4. The predicted octanol–water partition coefficient (Wildman–Crippen LogP) is 6.21. The summed E-state index contributed by atoms with van der Waals surface area (Å²) in [7, 11) is 3.45. The van der Waals surface area contributed by atoms with Gasteiger partial charge in [0.05, 0.1) is 12.7 Å². The zero-order valence-corrected chi connectivity index (χ0v) is 27.0. The number of ether oxygens (including phenoxy) is 1. The van der Waals surface area contributed by atoms with Crippen LogP contribution in [0.1, 0.15) is 83.6 Å². The van der Waals surface area contributed by atoms with E-state index in [-0.39, 0.29) is 29.8 Å². The third kappa shape index (κ3) is 12.6. The van der Waals surface area contributed by atoms with Crippen molar-refractivity contribution in [3.05, 3.63) is 35.6 Å². The zero-order chi connectivity index (χ0) is 30.6. The fourth-order valence-electron chi connectivity index (χ4n) is 5.47. The number of alkyl halides is 2. The second kappa shape index (κ2) is 17.9. The smallest absolute Gasteiger partial charge is 0.246 e. The molecule has 1 saturated carbocycles. The van der Waals surface area contributed by atoms with E-state index >= 15 is 0 Å². The minimum Gasteiger partial charge on any atom is -0.378 e. The summed E-state index contributed by atoms with van der Waals surface area (Å²) in [6.45, 7) is 5.93.